The maximum atomic E-state index is 5.32. The zero-order chi connectivity index (χ0) is 13.3. The fourth-order valence-corrected chi connectivity index (χ4v) is 2.30. The molecule has 0 radical (unpaired) electrons. The molecule has 2 rings (SSSR count). The summed E-state index contributed by atoms with van der Waals surface area (Å²) in [7, 11) is 1.48. The van der Waals surface area contributed by atoms with E-state index >= 15 is 0 Å². The molecule has 0 atom stereocenters. The van der Waals surface area contributed by atoms with Crippen LogP contribution in [0.4, 0.5) is 5.82 Å². The molecule has 0 saturated carbocycles. The minimum absolute atomic E-state index is 0.848. The number of rotatable bonds is 4. The lowest BCUT2D eigenvalue weighted by atomic mass is 10.3. The highest BCUT2D eigenvalue weighted by molar-refractivity contribution is 14.2. The molecule has 1 fully saturated rings. The van der Waals surface area contributed by atoms with Crippen LogP contribution in [0.1, 0.15) is 5.56 Å². The zero-order valence-corrected chi connectivity index (χ0v) is 13.5. The third-order valence-corrected chi connectivity index (χ3v) is 3.68. The van der Waals surface area contributed by atoms with Gasteiger partial charge in [-0.3, -0.25) is 4.90 Å². The highest BCUT2D eigenvalue weighted by Crippen LogP contribution is 2.09. The quantitative estimate of drug-likeness (QED) is 0.632. The summed E-state index contributed by atoms with van der Waals surface area (Å²) in [5.74, 6) is 3.93. The molecule has 1 N–H and O–H groups in total. The third-order valence-electron chi connectivity index (χ3n) is 2.84. The van der Waals surface area contributed by atoms with Crippen LogP contribution >= 0.6 is 30.1 Å². The highest BCUT2D eigenvalue weighted by Gasteiger charge is 2.09. The average molecular weight is 389 g/mol. The highest BCUT2D eigenvalue weighted by atomic mass is 127. The van der Waals surface area contributed by atoms with Crippen molar-refractivity contribution >= 4 is 36.0 Å². The van der Waals surface area contributed by atoms with Crippen LogP contribution in [0.25, 0.3) is 0 Å². The number of hydrogen-bond acceptors (Lipinski definition) is 5. The molecule has 6 heteroatoms. The van der Waals surface area contributed by atoms with Crippen LogP contribution in [0.3, 0.4) is 0 Å². The number of morpholine rings is 1. The Morgan fingerprint density at radius 2 is 2.26 bits per heavy atom. The summed E-state index contributed by atoms with van der Waals surface area (Å²) in [6.45, 7) is 5.68. The number of anilines is 1. The van der Waals surface area contributed by atoms with E-state index in [-0.39, 0.29) is 0 Å². The fourth-order valence-electron chi connectivity index (χ4n) is 1.82. The lowest BCUT2D eigenvalue weighted by molar-refractivity contribution is 0.0398. The van der Waals surface area contributed by atoms with Gasteiger partial charge in [0.15, 0.2) is 0 Å². The first kappa shape index (κ1) is 14.9. The molecule has 1 saturated heterocycles. The fraction of sp³-hybridized carbons (Fsp3) is 0.462. The number of aromatic nitrogens is 1. The van der Waals surface area contributed by atoms with E-state index < -0.39 is 0 Å². The minimum atomic E-state index is 0.848. The summed E-state index contributed by atoms with van der Waals surface area (Å²) >= 11 is 2.16. The SMILES string of the molecule is ISC#Cc1ccc(NCCN2CCOCC2)nc1. The molecular formula is C13H16IN3OS. The molecular weight excluding hydrogens is 373 g/mol. The van der Waals surface area contributed by atoms with E-state index in [0.29, 0.717) is 0 Å². The van der Waals surface area contributed by atoms with Crippen molar-refractivity contribution in [1.82, 2.24) is 9.88 Å². The number of ether oxygens (including phenoxy) is 1. The second-order valence-corrected chi connectivity index (χ2v) is 5.80. The summed E-state index contributed by atoms with van der Waals surface area (Å²) in [5, 5.41) is 6.27. The van der Waals surface area contributed by atoms with Gasteiger partial charge < -0.3 is 10.1 Å². The number of halogens is 1. The minimum Gasteiger partial charge on any atom is -0.379 e. The Balaban J connectivity index is 1.73. The Morgan fingerprint density at radius 1 is 1.42 bits per heavy atom. The first-order valence-electron chi connectivity index (χ1n) is 6.17. The Kier molecular flexibility index (Phi) is 6.78. The van der Waals surface area contributed by atoms with Gasteiger partial charge in [0.05, 0.1) is 13.2 Å². The topological polar surface area (TPSA) is 37.4 Å². The maximum absolute atomic E-state index is 5.32. The van der Waals surface area contributed by atoms with Crippen molar-refractivity contribution in [3.8, 4) is 11.2 Å². The molecule has 1 aromatic rings. The molecule has 0 unspecified atom stereocenters. The van der Waals surface area contributed by atoms with Crippen molar-refractivity contribution in [2.24, 2.45) is 0 Å². The molecule has 0 aliphatic carbocycles. The van der Waals surface area contributed by atoms with E-state index in [2.05, 4.69) is 47.6 Å². The van der Waals surface area contributed by atoms with Crippen LogP contribution in [-0.2, 0) is 4.74 Å². The van der Waals surface area contributed by atoms with Crippen LogP contribution in [0.15, 0.2) is 18.3 Å². The second kappa shape index (κ2) is 8.64. The smallest absolute Gasteiger partial charge is 0.126 e. The molecule has 0 amide bonds. The van der Waals surface area contributed by atoms with Gasteiger partial charge in [-0.15, -0.1) is 0 Å². The van der Waals surface area contributed by atoms with Gasteiger partial charge in [0.1, 0.15) is 5.82 Å². The van der Waals surface area contributed by atoms with E-state index in [1.54, 1.807) is 6.20 Å². The Hall–Kier alpha value is -0.490. The van der Waals surface area contributed by atoms with Crippen LogP contribution < -0.4 is 5.32 Å². The van der Waals surface area contributed by atoms with Crippen LogP contribution in [0.2, 0.25) is 0 Å². The molecule has 0 spiro atoms. The number of pyridine rings is 1. The van der Waals surface area contributed by atoms with Crippen molar-refractivity contribution in [2.45, 2.75) is 0 Å². The molecule has 1 aliphatic heterocycles. The summed E-state index contributed by atoms with van der Waals surface area (Å²) < 4.78 is 5.32. The summed E-state index contributed by atoms with van der Waals surface area (Å²) in [5.41, 5.74) is 0.947. The van der Waals surface area contributed by atoms with E-state index in [4.69, 9.17) is 4.74 Å². The van der Waals surface area contributed by atoms with Crippen LogP contribution in [-0.4, -0.2) is 49.3 Å². The van der Waals surface area contributed by atoms with Gasteiger partial charge in [0.25, 0.3) is 0 Å². The van der Waals surface area contributed by atoms with Crippen molar-refractivity contribution in [3.63, 3.8) is 0 Å². The largest absolute Gasteiger partial charge is 0.379 e. The van der Waals surface area contributed by atoms with E-state index in [0.717, 1.165) is 50.8 Å². The van der Waals surface area contributed by atoms with Crippen LogP contribution in [0.5, 0.6) is 0 Å². The molecule has 4 nitrogen and oxygen atoms in total. The van der Waals surface area contributed by atoms with E-state index in [1.165, 1.54) is 8.93 Å². The van der Waals surface area contributed by atoms with Crippen molar-refractivity contribution < 1.29 is 4.74 Å². The standard InChI is InChI=1S/C13H16IN3OS/c14-19-10-3-12-1-2-13(16-11-12)15-4-5-17-6-8-18-9-7-17/h1-2,11H,4-9H2,(H,15,16). The van der Waals surface area contributed by atoms with Gasteiger partial charge in [0.2, 0.25) is 0 Å². The van der Waals surface area contributed by atoms with E-state index in [1.807, 2.05) is 12.1 Å². The van der Waals surface area contributed by atoms with Gasteiger partial charge in [0, 0.05) is 59.1 Å². The molecule has 0 aromatic carbocycles. The second-order valence-electron chi connectivity index (χ2n) is 4.12. The van der Waals surface area contributed by atoms with Gasteiger partial charge in [-0.2, -0.15) is 0 Å². The summed E-state index contributed by atoms with van der Waals surface area (Å²) in [4.78, 5) is 6.74. The lowest BCUT2D eigenvalue weighted by Gasteiger charge is -2.26. The summed E-state index contributed by atoms with van der Waals surface area (Å²) in [6, 6.07) is 3.96. The summed E-state index contributed by atoms with van der Waals surface area (Å²) in [6.07, 6.45) is 1.80. The zero-order valence-electron chi connectivity index (χ0n) is 10.6. The number of nitrogens with zero attached hydrogens (tertiary/aromatic N) is 2. The first-order valence-corrected chi connectivity index (χ1v) is 9.53. The third kappa shape index (κ3) is 5.57. The molecule has 19 heavy (non-hydrogen) atoms. The molecule has 1 aromatic heterocycles. The maximum Gasteiger partial charge on any atom is 0.126 e. The van der Waals surface area contributed by atoms with Gasteiger partial charge in [-0.1, -0.05) is 5.92 Å². The lowest BCUT2D eigenvalue weighted by Crippen LogP contribution is -2.39. The van der Waals surface area contributed by atoms with E-state index in [9.17, 15) is 0 Å². The normalized spacial score (nSPS) is 15.6. The first-order chi connectivity index (χ1) is 9.38. The van der Waals surface area contributed by atoms with Crippen molar-refractivity contribution in [1.29, 1.82) is 0 Å². The molecule has 0 bridgehead atoms. The van der Waals surface area contributed by atoms with Crippen molar-refractivity contribution in [3.05, 3.63) is 23.9 Å². The predicted octanol–water partition coefficient (Wildman–Crippen LogP) is 2.22. The number of hydrogen-bond donors (Lipinski definition) is 1. The van der Waals surface area contributed by atoms with Gasteiger partial charge >= 0.3 is 0 Å². The molecule has 1 aliphatic rings. The molecule has 102 valence electrons. The Bertz CT molecular complexity index is 437. The van der Waals surface area contributed by atoms with Gasteiger partial charge in [-0.25, -0.2) is 4.98 Å². The molecule has 2 heterocycles. The predicted molar refractivity (Wildman–Crippen MR) is 88.5 cm³/mol. The Labute approximate surface area is 130 Å². The monoisotopic (exact) mass is 389 g/mol. The average Bonchev–Trinajstić information content (AvgIpc) is 2.47. The van der Waals surface area contributed by atoms with Crippen molar-refractivity contribution in [2.75, 3.05) is 44.7 Å². The Morgan fingerprint density at radius 3 is 2.95 bits per heavy atom. The van der Waals surface area contributed by atoms with Gasteiger partial charge in [-0.05, 0) is 26.3 Å². The van der Waals surface area contributed by atoms with Crippen LogP contribution in [0, 0.1) is 11.2 Å². The number of nitrogens with one attached hydrogen (secondary N) is 1.